The van der Waals surface area contributed by atoms with E-state index in [1.807, 2.05) is 6.92 Å². The quantitative estimate of drug-likeness (QED) is 0.185. The molecule has 0 saturated heterocycles. The van der Waals surface area contributed by atoms with Crippen LogP contribution in [0.5, 0.6) is 0 Å². The maximum absolute atomic E-state index is 13.3. The minimum atomic E-state index is -4.74. The summed E-state index contributed by atoms with van der Waals surface area (Å²) in [6.45, 7) is 2.75. The van der Waals surface area contributed by atoms with Gasteiger partial charge in [-0.3, -0.25) is 13.9 Å². The lowest BCUT2D eigenvalue weighted by Crippen LogP contribution is -2.41. The predicted molar refractivity (Wildman–Crippen MR) is 123 cm³/mol. The number of hydrogen-bond acceptors (Lipinski definition) is 7. The number of rotatable bonds is 10. The molecule has 0 bridgehead atoms. The first-order valence-electron chi connectivity index (χ1n) is 11.2. The molecule has 4 rings (SSSR count). The zero-order valence-corrected chi connectivity index (χ0v) is 20.2. The van der Waals surface area contributed by atoms with Gasteiger partial charge in [-0.05, 0) is 47.9 Å². The molecule has 0 aliphatic carbocycles. The number of ether oxygens (including phenoxy) is 1. The number of aromatic nitrogens is 8. The van der Waals surface area contributed by atoms with Crippen LogP contribution >= 0.6 is 11.6 Å². The van der Waals surface area contributed by atoms with Crippen molar-refractivity contribution in [2.75, 3.05) is 13.2 Å². The second-order valence-corrected chi connectivity index (χ2v) is 8.30. The van der Waals surface area contributed by atoms with Crippen molar-refractivity contribution in [1.29, 1.82) is 0 Å². The second kappa shape index (κ2) is 10.8. The Morgan fingerprint density at radius 3 is 2.65 bits per heavy atom. The molecular weight excluding hydrogens is 524 g/mol. The zero-order valence-electron chi connectivity index (χ0n) is 19.4. The largest absolute Gasteiger partial charge is 0.416 e. The minimum Gasteiger partial charge on any atom is -0.380 e. The third-order valence-corrected chi connectivity index (χ3v) is 5.63. The molecule has 0 saturated carbocycles. The fourth-order valence-corrected chi connectivity index (χ4v) is 3.96. The van der Waals surface area contributed by atoms with E-state index in [9.17, 15) is 27.2 Å². The van der Waals surface area contributed by atoms with Crippen LogP contribution in [0.3, 0.4) is 0 Å². The molecule has 3 heterocycles. The van der Waals surface area contributed by atoms with Crippen LogP contribution in [0.1, 0.15) is 30.3 Å². The highest BCUT2D eigenvalue weighted by molar-refractivity contribution is 6.28. The highest BCUT2D eigenvalue weighted by Crippen LogP contribution is 2.33. The fraction of sp³-hybridized carbons (Fsp3) is 0.429. The summed E-state index contributed by atoms with van der Waals surface area (Å²) >= 11 is 5.91. The van der Waals surface area contributed by atoms with Crippen LogP contribution in [-0.2, 0) is 37.0 Å². The molecular formula is C21H21ClF4N8O3. The number of alkyl halides is 3. The summed E-state index contributed by atoms with van der Waals surface area (Å²) in [5.74, 6) is -1.00. The average Bonchev–Trinajstić information content (AvgIpc) is 3.45. The van der Waals surface area contributed by atoms with E-state index in [0.717, 1.165) is 21.5 Å². The lowest BCUT2D eigenvalue weighted by molar-refractivity contribution is -0.138. The van der Waals surface area contributed by atoms with Gasteiger partial charge < -0.3 is 9.72 Å². The van der Waals surface area contributed by atoms with Crippen LogP contribution in [0.25, 0.3) is 11.2 Å². The topological polar surface area (TPSA) is 126 Å². The van der Waals surface area contributed by atoms with Crippen molar-refractivity contribution in [3.63, 3.8) is 0 Å². The number of halogens is 5. The van der Waals surface area contributed by atoms with Crippen molar-refractivity contribution in [2.45, 2.75) is 45.6 Å². The van der Waals surface area contributed by atoms with E-state index in [1.165, 1.54) is 4.57 Å². The number of H-pyrrole nitrogens is 1. The number of fused-ring (bicyclic) bond motifs is 1. The van der Waals surface area contributed by atoms with Gasteiger partial charge in [-0.2, -0.15) is 23.0 Å². The van der Waals surface area contributed by atoms with E-state index >= 15 is 0 Å². The van der Waals surface area contributed by atoms with E-state index in [1.54, 1.807) is 0 Å². The van der Waals surface area contributed by atoms with E-state index in [4.69, 9.17) is 16.3 Å². The molecule has 198 valence electrons. The molecule has 0 unspecified atom stereocenters. The molecule has 1 aromatic carbocycles. The molecule has 0 atom stereocenters. The van der Waals surface area contributed by atoms with Gasteiger partial charge >= 0.3 is 11.9 Å². The number of imidazole rings is 1. The zero-order chi connectivity index (χ0) is 26.7. The Hall–Kier alpha value is -3.59. The summed E-state index contributed by atoms with van der Waals surface area (Å²) in [7, 11) is 0. The molecule has 3 aromatic heterocycles. The van der Waals surface area contributed by atoms with Crippen LogP contribution in [-0.4, -0.2) is 52.5 Å². The highest BCUT2D eigenvalue weighted by Gasteiger charge is 2.34. The molecule has 0 radical (unpaired) electrons. The van der Waals surface area contributed by atoms with Gasteiger partial charge in [0.15, 0.2) is 17.0 Å². The lowest BCUT2D eigenvalue weighted by Gasteiger charge is -2.11. The predicted octanol–water partition coefficient (Wildman–Crippen LogP) is 2.40. The number of nitrogens with zero attached hydrogens (tertiary/aromatic N) is 7. The smallest absolute Gasteiger partial charge is 0.380 e. The van der Waals surface area contributed by atoms with Crippen LogP contribution in [0, 0.1) is 5.82 Å². The van der Waals surface area contributed by atoms with Crippen molar-refractivity contribution < 1.29 is 22.3 Å². The first-order chi connectivity index (χ1) is 17.6. The van der Waals surface area contributed by atoms with Crippen molar-refractivity contribution in [2.24, 2.45) is 0 Å². The Labute approximate surface area is 210 Å². The van der Waals surface area contributed by atoms with Crippen LogP contribution in [0.4, 0.5) is 17.6 Å². The maximum atomic E-state index is 13.3. The molecule has 0 aliphatic heterocycles. The van der Waals surface area contributed by atoms with Gasteiger partial charge in [-0.25, -0.2) is 9.18 Å². The number of aromatic amines is 1. The number of benzene rings is 1. The first-order valence-corrected chi connectivity index (χ1v) is 11.5. The van der Waals surface area contributed by atoms with Gasteiger partial charge in [-0.15, -0.1) is 10.2 Å². The Morgan fingerprint density at radius 2 is 1.92 bits per heavy atom. The van der Waals surface area contributed by atoms with Gasteiger partial charge in [0.05, 0.1) is 25.3 Å². The van der Waals surface area contributed by atoms with Crippen molar-refractivity contribution in [3.05, 3.63) is 67.1 Å². The lowest BCUT2D eigenvalue weighted by atomic mass is 10.0. The molecule has 0 amide bonds. The number of tetrazole rings is 1. The number of aryl methyl sites for hydroxylation is 1. The van der Waals surface area contributed by atoms with Gasteiger partial charge in [0.25, 0.3) is 5.56 Å². The standard InChI is InChI=1S/C21H21ClF4N8O3/c1-2-37-9-8-32-17-16(27-19(22)28-17)18(35)33(20(32)36)6-3-7-34-30-15(29-31-34)10-12-4-5-13(23)11-14(12)21(24,25)26/h4-5,11H,2-3,6-10H2,1H3,(H,27,28). The van der Waals surface area contributed by atoms with Crippen molar-refractivity contribution >= 4 is 22.8 Å². The van der Waals surface area contributed by atoms with E-state index < -0.39 is 28.8 Å². The van der Waals surface area contributed by atoms with Crippen molar-refractivity contribution in [1.82, 2.24) is 39.3 Å². The SMILES string of the molecule is CCOCCn1c(=O)n(CCCn2nnc(Cc3ccc(F)cc3C(F)(F)F)n2)c(=O)c2[nH]c(Cl)nc21. The van der Waals surface area contributed by atoms with E-state index in [0.29, 0.717) is 12.7 Å². The summed E-state index contributed by atoms with van der Waals surface area (Å²) in [4.78, 5) is 33.7. The number of hydrogen-bond donors (Lipinski definition) is 1. The highest BCUT2D eigenvalue weighted by atomic mass is 35.5. The normalized spacial score (nSPS) is 12.1. The summed E-state index contributed by atoms with van der Waals surface area (Å²) in [5.41, 5.74) is -2.31. The molecule has 0 aliphatic rings. The Bertz CT molecular complexity index is 1520. The van der Waals surface area contributed by atoms with Crippen LogP contribution < -0.4 is 11.2 Å². The maximum Gasteiger partial charge on any atom is 0.416 e. The molecule has 0 spiro atoms. The van der Waals surface area contributed by atoms with Gasteiger partial charge in [0, 0.05) is 19.6 Å². The summed E-state index contributed by atoms with van der Waals surface area (Å²) in [6.07, 6.45) is -4.82. The molecule has 4 aromatic rings. The minimum absolute atomic E-state index is 0.000997. The van der Waals surface area contributed by atoms with Gasteiger partial charge in [-0.1, -0.05) is 6.07 Å². The molecule has 1 N–H and O–H groups in total. The fourth-order valence-electron chi connectivity index (χ4n) is 3.79. The van der Waals surface area contributed by atoms with E-state index in [2.05, 4.69) is 25.4 Å². The monoisotopic (exact) mass is 544 g/mol. The van der Waals surface area contributed by atoms with E-state index in [-0.39, 0.29) is 66.9 Å². The average molecular weight is 545 g/mol. The third-order valence-electron chi connectivity index (χ3n) is 5.46. The summed E-state index contributed by atoms with van der Waals surface area (Å²) in [5, 5.41) is 11.6. The Kier molecular flexibility index (Phi) is 7.73. The molecule has 37 heavy (non-hydrogen) atoms. The summed E-state index contributed by atoms with van der Waals surface area (Å²) < 4.78 is 60.7. The van der Waals surface area contributed by atoms with Crippen LogP contribution in [0.2, 0.25) is 5.28 Å². The van der Waals surface area contributed by atoms with Gasteiger partial charge in [0.1, 0.15) is 5.82 Å². The third kappa shape index (κ3) is 5.88. The molecule has 16 heteroatoms. The van der Waals surface area contributed by atoms with Crippen LogP contribution in [0.15, 0.2) is 27.8 Å². The molecule has 0 fully saturated rings. The Morgan fingerprint density at radius 1 is 1.14 bits per heavy atom. The Balaban J connectivity index is 1.49. The second-order valence-electron chi connectivity index (χ2n) is 7.95. The number of nitrogens with one attached hydrogen (secondary N) is 1. The van der Waals surface area contributed by atoms with Gasteiger partial charge in [0.2, 0.25) is 5.28 Å². The summed E-state index contributed by atoms with van der Waals surface area (Å²) in [6, 6.07) is 2.37. The first kappa shape index (κ1) is 26.5. The molecule has 11 nitrogen and oxygen atoms in total. The van der Waals surface area contributed by atoms with Crippen molar-refractivity contribution in [3.8, 4) is 0 Å².